The third-order valence-electron chi connectivity index (χ3n) is 3.34. The summed E-state index contributed by atoms with van der Waals surface area (Å²) in [4.78, 5) is 13.4. The lowest BCUT2D eigenvalue weighted by Gasteiger charge is -2.16. The van der Waals surface area contributed by atoms with Crippen LogP contribution in [0.25, 0.3) is 5.57 Å². The third kappa shape index (κ3) is 3.47. The van der Waals surface area contributed by atoms with Gasteiger partial charge in [-0.15, -0.1) is 0 Å². The highest BCUT2D eigenvalue weighted by Crippen LogP contribution is 2.30. The smallest absolute Gasteiger partial charge is 0.161 e. The van der Waals surface area contributed by atoms with Crippen molar-refractivity contribution in [2.45, 2.75) is 0 Å². The molecule has 0 saturated heterocycles. The molecule has 0 N–H and O–H groups in total. The van der Waals surface area contributed by atoms with E-state index in [2.05, 4.69) is 0 Å². The quantitative estimate of drug-likeness (QED) is 0.605. The summed E-state index contributed by atoms with van der Waals surface area (Å²) in [5, 5.41) is 0. The molecule has 4 heteroatoms. The van der Waals surface area contributed by atoms with Gasteiger partial charge in [0, 0.05) is 24.5 Å². The first-order valence-electron chi connectivity index (χ1n) is 6.87. The molecule has 0 spiro atoms. The van der Waals surface area contributed by atoms with Crippen molar-refractivity contribution in [1.82, 2.24) is 0 Å². The summed E-state index contributed by atoms with van der Waals surface area (Å²) in [5.74, 6) is 1.23. The maximum Gasteiger partial charge on any atom is 0.161 e. The Hall–Kier alpha value is -2.75. The first kappa shape index (κ1) is 15.6. The van der Waals surface area contributed by atoms with Gasteiger partial charge < -0.3 is 14.4 Å². The number of carbonyl (C=O) groups excluding carboxylic acids is 1. The van der Waals surface area contributed by atoms with Crippen LogP contribution < -0.4 is 14.4 Å². The minimum absolute atomic E-state index is 0.562. The Labute approximate surface area is 130 Å². The van der Waals surface area contributed by atoms with Crippen LogP contribution in [0.5, 0.6) is 11.5 Å². The first-order valence-corrected chi connectivity index (χ1v) is 6.87. The van der Waals surface area contributed by atoms with E-state index in [4.69, 9.17) is 9.47 Å². The van der Waals surface area contributed by atoms with Crippen LogP contribution in [0.4, 0.5) is 5.69 Å². The number of anilines is 1. The minimum Gasteiger partial charge on any atom is -0.493 e. The molecule has 0 fully saturated rings. The lowest BCUT2D eigenvalue weighted by Crippen LogP contribution is -2.09. The molecule has 0 atom stereocenters. The average molecular weight is 297 g/mol. The van der Waals surface area contributed by atoms with Crippen molar-refractivity contribution in [1.29, 1.82) is 0 Å². The van der Waals surface area contributed by atoms with Gasteiger partial charge in [0.1, 0.15) is 0 Å². The number of hydrogen-bond acceptors (Lipinski definition) is 4. The van der Waals surface area contributed by atoms with Gasteiger partial charge in [0.25, 0.3) is 0 Å². The molecular weight excluding hydrogens is 278 g/mol. The van der Waals surface area contributed by atoms with E-state index in [0.717, 1.165) is 17.5 Å². The number of ether oxygens (including phenoxy) is 2. The van der Waals surface area contributed by atoms with E-state index in [1.54, 1.807) is 32.6 Å². The molecule has 114 valence electrons. The van der Waals surface area contributed by atoms with Crippen LogP contribution in [0.2, 0.25) is 0 Å². The van der Waals surface area contributed by atoms with Crippen LogP contribution in [-0.2, 0) is 4.79 Å². The van der Waals surface area contributed by atoms with Crippen LogP contribution in [0, 0.1) is 0 Å². The van der Waals surface area contributed by atoms with Gasteiger partial charge in [0.15, 0.2) is 17.8 Å². The van der Waals surface area contributed by atoms with Crippen molar-refractivity contribution in [3.63, 3.8) is 0 Å². The lowest BCUT2D eigenvalue weighted by molar-refractivity contribution is -0.103. The van der Waals surface area contributed by atoms with Crippen molar-refractivity contribution in [3.8, 4) is 11.5 Å². The van der Waals surface area contributed by atoms with Crippen molar-refractivity contribution < 1.29 is 14.3 Å². The predicted octanol–water partition coefficient (Wildman–Crippen LogP) is 3.38. The van der Waals surface area contributed by atoms with Gasteiger partial charge in [-0.3, -0.25) is 4.79 Å². The molecule has 22 heavy (non-hydrogen) atoms. The second-order valence-electron chi connectivity index (χ2n) is 4.72. The molecule has 0 saturated carbocycles. The minimum atomic E-state index is 0.562. The Morgan fingerprint density at radius 3 is 2.27 bits per heavy atom. The molecule has 2 rings (SSSR count). The van der Waals surface area contributed by atoms with E-state index >= 15 is 0 Å². The van der Waals surface area contributed by atoms with Gasteiger partial charge in [0.2, 0.25) is 0 Å². The number of methoxy groups -OCH3 is 2. The number of aldehydes is 1. The highest BCUT2D eigenvalue weighted by Gasteiger charge is 2.09. The van der Waals surface area contributed by atoms with Gasteiger partial charge >= 0.3 is 0 Å². The van der Waals surface area contributed by atoms with E-state index in [0.29, 0.717) is 17.1 Å². The topological polar surface area (TPSA) is 38.8 Å². The van der Waals surface area contributed by atoms with E-state index in [-0.39, 0.29) is 0 Å². The summed E-state index contributed by atoms with van der Waals surface area (Å²) in [5.41, 5.74) is 2.34. The van der Waals surface area contributed by atoms with Gasteiger partial charge in [-0.1, -0.05) is 24.3 Å². The SMILES string of the molecule is COc1ccc(/C(C=O)=C/N(C)c2ccccc2)cc1OC. The molecule has 4 nitrogen and oxygen atoms in total. The third-order valence-corrected chi connectivity index (χ3v) is 3.34. The summed E-state index contributed by atoms with van der Waals surface area (Å²) < 4.78 is 10.5. The standard InChI is InChI=1S/C18H19NO3/c1-19(16-7-5-4-6-8-16)12-15(13-20)14-9-10-17(21-2)18(11-14)22-3/h4-13H,1-3H3/b15-12+. The molecule has 0 aliphatic heterocycles. The van der Waals surface area contributed by atoms with Crippen molar-refractivity contribution in [3.05, 3.63) is 60.3 Å². The fourth-order valence-electron chi connectivity index (χ4n) is 2.14. The first-order chi connectivity index (χ1) is 10.7. The number of nitrogens with zero attached hydrogens (tertiary/aromatic N) is 1. The van der Waals surface area contributed by atoms with Crippen molar-refractivity contribution in [2.75, 3.05) is 26.2 Å². The summed E-state index contributed by atoms with van der Waals surface area (Å²) in [6.07, 6.45) is 2.63. The number of allylic oxidation sites excluding steroid dienone is 1. The predicted molar refractivity (Wildman–Crippen MR) is 88.4 cm³/mol. The fourth-order valence-corrected chi connectivity index (χ4v) is 2.14. The fraction of sp³-hybridized carbons (Fsp3) is 0.167. The molecule has 0 radical (unpaired) electrons. The molecule has 0 aromatic heterocycles. The molecule has 2 aromatic rings. The molecule has 0 aliphatic rings. The zero-order valence-electron chi connectivity index (χ0n) is 12.9. The van der Waals surface area contributed by atoms with Crippen LogP contribution >= 0.6 is 0 Å². The van der Waals surface area contributed by atoms with Gasteiger partial charge in [-0.05, 0) is 29.8 Å². The average Bonchev–Trinajstić information content (AvgIpc) is 2.59. The lowest BCUT2D eigenvalue weighted by atomic mass is 10.1. The Morgan fingerprint density at radius 1 is 1.00 bits per heavy atom. The Kier molecular flexibility index (Phi) is 5.20. The van der Waals surface area contributed by atoms with Crippen LogP contribution in [0.15, 0.2) is 54.7 Å². The normalized spacial score (nSPS) is 11.0. The van der Waals surface area contributed by atoms with E-state index < -0.39 is 0 Å². The zero-order valence-corrected chi connectivity index (χ0v) is 12.9. The summed E-state index contributed by atoms with van der Waals surface area (Å²) >= 11 is 0. The van der Waals surface area contributed by atoms with Gasteiger partial charge in [-0.2, -0.15) is 0 Å². The van der Waals surface area contributed by atoms with Gasteiger partial charge in [0.05, 0.1) is 14.2 Å². The van der Waals surface area contributed by atoms with E-state index in [1.165, 1.54) is 0 Å². The van der Waals surface area contributed by atoms with Crippen molar-refractivity contribution in [2.24, 2.45) is 0 Å². The Balaban J connectivity index is 2.35. The number of rotatable bonds is 6. The Bertz CT molecular complexity index is 665. The zero-order chi connectivity index (χ0) is 15.9. The number of hydrogen-bond donors (Lipinski definition) is 0. The highest BCUT2D eigenvalue weighted by molar-refractivity contribution is 6.07. The molecule has 0 heterocycles. The molecule has 0 unspecified atom stereocenters. The van der Waals surface area contributed by atoms with Crippen LogP contribution in [0.3, 0.4) is 0 Å². The van der Waals surface area contributed by atoms with Crippen molar-refractivity contribution >= 4 is 17.5 Å². The summed E-state index contributed by atoms with van der Waals surface area (Å²) in [6, 6.07) is 15.2. The second kappa shape index (κ2) is 7.31. The maximum atomic E-state index is 11.5. The molecule has 0 bridgehead atoms. The number of benzene rings is 2. The summed E-state index contributed by atoms with van der Waals surface area (Å²) in [7, 11) is 5.05. The molecule has 0 aliphatic carbocycles. The monoisotopic (exact) mass is 297 g/mol. The van der Waals surface area contributed by atoms with Gasteiger partial charge in [-0.25, -0.2) is 0 Å². The number of para-hydroxylation sites is 1. The molecule has 0 amide bonds. The molecular formula is C18H19NO3. The largest absolute Gasteiger partial charge is 0.493 e. The van der Waals surface area contributed by atoms with Crippen LogP contribution in [-0.4, -0.2) is 27.6 Å². The van der Waals surface area contributed by atoms with E-state index in [9.17, 15) is 4.79 Å². The summed E-state index contributed by atoms with van der Waals surface area (Å²) in [6.45, 7) is 0. The maximum absolute atomic E-state index is 11.5. The second-order valence-corrected chi connectivity index (χ2v) is 4.72. The van der Waals surface area contributed by atoms with E-state index in [1.807, 2.05) is 48.3 Å². The molecule has 2 aromatic carbocycles. The highest BCUT2D eigenvalue weighted by atomic mass is 16.5. The number of carbonyl (C=O) groups is 1. The van der Waals surface area contributed by atoms with Crippen LogP contribution in [0.1, 0.15) is 5.56 Å². The Morgan fingerprint density at radius 2 is 1.68 bits per heavy atom.